The highest BCUT2D eigenvalue weighted by Gasteiger charge is 2.32. The van der Waals surface area contributed by atoms with Crippen LogP contribution in [0.5, 0.6) is 5.88 Å². The maximum atomic E-state index is 11.6. The molecule has 0 radical (unpaired) electrons. The molecule has 1 aliphatic rings. The van der Waals surface area contributed by atoms with Crippen LogP contribution in [0.4, 0.5) is 16.3 Å². The summed E-state index contributed by atoms with van der Waals surface area (Å²) in [7, 11) is 0. The van der Waals surface area contributed by atoms with E-state index in [2.05, 4.69) is 20.4 Å². The van der Waals surface area contributed by atoms with Crippen LogP contribution in [0.1, 0.15) is 37.9 Å². The third-order valence-electron chi connectivity index (χ3n) is 5.24. The van der Waals surface area contributed by atoms with Crippen molar-refractivity contribution in [1.82, 2.24) is 24.6 Å². The molecule has 2 aromatic rings. The summed E-state index contributed by atoms with van der Waals surface area (Å²) in [6.45, 7) is 4.36. The Kier molecular flexibility index (Phi) is 7.56. The van der Waals surface area contributed by atoms with Crippen molar-refractivity contribution in [2.45, 2.75) is 45.2 Å². The number of amides is 1. The van der Waals surface area contributed by atoms with Crippen LogP contribution in [0.15, 0.2) is 6.20 Å². The first kappa shape index (κ1) is 23.8. The number of nitrogens with one attached hydrogen (secondary N) is 1. The minimum Gasteiger partial charge on any atom is -0.472 e. The number of likely N-dealkylation sites (tertiary alicyclic amines) is 1. The van der Waals surface area contributed by atoms with Crippen molar-refractivity contribution in [3.8, 4) is 5.88 Å². The van der Waals surface area contributed by atoms with Gasteiger partial charge in [0.15, 0.2) is 0 Å². The van der Waals surface area contributed by atoms with E-state index < -0.39 is 11.0 Å². The van der Waals surface area contributed by atoms with E-state index in [1.54, 1.807) is 11.6 Å². The number of piperidine rings is 1. The molecule has 3 rings (SSSR count). The maximum Gasteiger partial charge on any atom is 0.407 e. The molecule has 2 N–H and O–H groups in total. The van der Waals surface area contributed by atoms with Gasteiger partial charge in [-0.3, -0.25) is 14.8 Å². The van der Waals surface area contributed by atoms with Crippen molar-refractivity contribution in [3.63, 3.8) is 0 Å². The average Bonchev–Trinajstić information content (AvgIpc) is 3.07. The van der Waals surface area contributed by atoms with Gasteiger partial charge in [-0.05, 0) is 38.3 Å². The minimum absolute atomic E-state index is 0.0523. The minimum atomic E-state index is -0.969. The van der Waals surface area contributed by atoms with Crippen LogP contribution in [-0.4, -0.2) is 66.5 Å². The van der Waals surface area contributed by atoms with Crippen LogP contribution in [0, 0.1) is 17.0 Å². The molecule has 1 atom stereocenters. The Morgan fingerprint density at radius 2 is 2.12 bits per heavy atom. The summed E-state index contributed by atoms with van der Waals surface area (Å²) >= 11 is 11.8. The molecular weight excluding hydrogens is 465 g/mol. The standard InChI is InChI=1S/C18H23Cl2N7O5/c1-10(22-15-13(19)9-21-17(20)23-15)5-8-32-16-14(27(30)31)11(2)26(24-16)12-3-6-25(7-4-12)18(28)29/h9-10,12H,3-8H2,1-2H3,(H,28,29)(H,21,22,23). The molecule has 1 saturated heterocycles. The molecule has 0 saturated carbocycles. The van der Waals surface area contributed by atoms with Crippen LogP contribution in [0.25, 0.3) is 0 Å². The van der Waals surface area contributed by atoms with Crippen molar-refractivity contribution in [2.24, 2.45) is 0 Å². The number of nitro groups is 1. The summed E-state index contributed by atoms with van der Waals surface area (Å²) in [5.74, 6) is 0.335. The van der Waals surface area contributed by atoms with E-state index >= 15 is 0 Å². The number of halogens is 2. The number of ether oxygens (including phenoxy) is 1. The first-order valence-corrected chi connectivity index (χ1v) is 10.7. The van der Waals surface area contributed by atoms with Crippen molar-refractivity contribution < 1.29 is 19.6 Å². The molecule has 1 aliphatic heterocycles. The number of rotatable bonds is 8. The first-order chi connectivity index (χ1) is 15.2. The van der Waals surface area contributed by atoms with Crippen LogP contribution in [-0.2, 0) is 0 Å². The topological polar surface area (TPSA) is 149 Å². The molecule has 12 nitrogen and oxygen atoms in total. The predicted molar refractivity (Wildman–Crippen MR) is 117 cm³/mol. The average molecular weight is 488 g/mol. The van der Waals surface area contributed by atoms with Crippen LogP contribution in [0.3, 0.4) is 0 Å². The second kappa shape index (κ2) is 10.2. The SMILES string of the molecule is Cc1c([N+](=O)[O-])c(OCCC(C)Nc2nc(Cl)ncc2Cl)nn1C1CCN(C(=O)O)CC1. The highest BCUT2D eigenvalue weighted by molar-refractivity contribution is 6.33. The number of carbonyl (C=O) groups is 1. The zero-order valence-electron chi connectivity index (χ0n) is 17.5. The molecule has 0 aromatic carbocycles. The zero-order valence-corrected chi connectivity index (χ0v) is 19.0. The largest absolute Gasteiger partial charge is 0.472 e. The fourth-order valence-corrected chi connectivity index (χ4v) is 3.81. The van der Waals surface area contributed by atoms with E-state index in [9.17, 15) is 14.9 Å². The normalized spacial score (nSPS) is 15.4. The molecular formula is C18H23Cl2N7O5. The van der Waals surface area contributed by atoms with E-state index in [4.69, 9.17) is 33.0 Å². The highest BCUT2D eigenvalue weighted by Crippen LogP contribution is 2.34. The van der Waals surface area contributed by atoms with E-state index in [-0.39, 0.29) is 35.5 Å². The first-order valence-electron chi connectivity index (χ1n) is 9.96. The Balaban J connectivity index is 1.63. The lowest BCUT2D eigenvalue weighted by molar-refractivity contribution is -0.386. The fourth-order valence-electron chi connectivity index (χ4n) is 3.53. The highest BCUT2D eigenvalue weighted by atomic mass is 35.5. The molecule has 174 valence electrons. The molecule has 1 amide bonds. The van der Waals surface area contributed by atoms with Gasteiger partial charge in [-0.15, -0.1) is 5.10 Å². The van der Waals surface area contributed by atoms with Gasteiger partial charge in [0, 0.05) is 25.6 Å². The molecule has 0 bridgehead atoms. The van der Waals surface area contributed by atoms with Gasteiger partial charge >= 0.3 is 17.7 Å². The summed E-state index contributed by atoms with van der Waals surface area (Å²) in [5, 5.41) is 28.5. The van der Waals surface area contributed by atoms with Gasteiger partial charge in [-0.25, -0.2) is 9.78 Å². The quantitative estimate of drug-likeness (QED) is 0.322. The number of carboxylic acid groups (broad SMARTS) is 1. The number of nitrogens with zero attached hydrogens (tertiary/aromatic N) is 6. The fraction of sp³-hybridized carbons (Fsp3) is 0.556. The molecule has 14 heteroatoms. The summed E-state index contributed by atoms with van der Waals surface area (Å²) in [6, 6.07) is -0.257. The molecule has 32 heavy (non-hydrogen) atoms. The van der Waals surface area contributed by atoms with E-state index in [1.807, 2.05) is 6.92 Å². The smallest absolute Gasteiger partial charge is 0.407 e. The summed E-state index contributed by atoms with van der Waals surface area (Å²) in [4.78, 5) is 31.4. The number of aromatic nitrogens is 4. The monoisotopic (exact) mass is 487 g/mol. The van der Waals surface area contributed by atoms with Crippen molar-refractivity contribution in [1.29, 1.82) is 0 Å². The summed E-state index contributed by atoms with van der Waals surface area (Å²) < 4.78 is 7.24. The van der Waals surface area contributed by atoms with E-state index in [1.165, 1.54) is 11.1 Å². The third-order valence-corrected chi connectivity index (χ3v) is 5.70. The van der Waals surface area contributed by atoms with Crippen molar-refractivity contribution in [3.05, 3.63) is 32.3 Å². The van der Waals surface area contributed by atoms with Gasteiger partial charge in [-0.2, -0.15) is 4.98 Å². The van der Waals surface area contributed by atoms with Gasteiger partial charge in [0.05, 0.1) is 23.8 Å². The Morgan fingerprint density at radius 3 is 2.75 bits per heavy atom. The molecule has 0 aliphatic carbocycles. The Bertz CT molecular complexity index is 994. The Labute approximate surface area is 193 Å². The van der Waals surface area contributed by atoms with Gasteiger partial charge in [-0.1, -0.05) is 11.6 Å². The van der Waals surface area contributed by atoms with Gasteiger partial charge in [0.1, 0.15) is 16.5 Å². The van der Waals surface area contributed by atoms with Gasteiger partial charge in [0.2, 0.25) is 5.28 Å². The molecule has 0 spiro atoms. The lowest BCUT2D eigenvalue weighted by Crippen LogP contribution is -2.38. The van der Waals surface area contributed by atoms with Crippen LogP contribution < -0.4 is 10.1 Å². The van der Waals surface area contributed by atoms with Gasteiger partial charge in [0.25, 0.3) is 0 Å². The number of anilines is 1. The molecule has 1 unspecified atom stereocenters. The summed E-state index contributed by atoms with van der Waals surface area (Å²) in [6.07, 6.45) is 1.95. The Morgan fingerprint density at radius 1 is 1.44 bits per heavy atom. The maximum absolute atomic E-state index is 11.6. The second-order valence-electron chi connectivity index (χ2n) is 7.46. The lowest BCUT2D eigenvalue weighted by atomic mass is 10.1. The zero-order chi connectivity index (χ0) is 23.4. The molecule has 1 fully saturated rings. The van der Waals surface area contributed by atoms with Gasteiger partial charge < -0.3 is 20.1 Å². The lowest BCUT2D eigenvalue weighted by Gasteiger charge is -2.30. The third kappa shape index (κ3) is 5.49. The Hall–Kier alpha value is -2.86. The van der Waals surface area contributed by atoms with E-state index in [0.717, 1.165) is 0 Å². The molecule has 3 heterocycles. The number of hydrogen-bond acceptors (Lipinski definition) is 8. The van der Waals surface area contributed by atoms with Crippen LogP contribution >= 0.6 is 23.2 Å². The van der Waals surface area contributed by atoms with E-state index in [0.29, 0.717) is 48.9 Å². The predicted octanol–water partition coefficient (Wildman–Crippen LogP) is 3.78. The second-order valence-corrected chi connectivity index (χ2v) is 8.21. The molecule has 2 aromatic heterocycles. The number of hydrogen-bond donors (Lipinski definition) is 2. The summed E-state index contributed by atoms with van der Waals surface area (Å²) in [5.41, 5.74) is 0.198. The van der Waals surface area contributed by atoms with Crippen molar-refractivity contribution in [2.75, 3.05) is 25.0 Å². The van der Waals surface area contributed by atoms with Crippen LogP contribution in [0.2, 0.25) is 10.3 Å². The van der Waals surface area contributed by atoms with Crippen molar-refractivity contribution >= 4 is 40.8 Å².